The van der Waals surface area contributed by atoms with Gasteiger partial charge in [-0.1, -0.05) is 36.1 Å². The second kappa shape index (κ2) is 9.67. The zero-order valence-corrected chi connectivity index (χ0v) is 17.1. The third-order valence-corrected chi connectivity index (χ3v) is 5.65. The number of nitrogens with zero attached hydrogens (tertiary/aromatic N) is 3. The van der Waals surface area contributed by atoms with Crippen LogP contribution >= 0.6 is 23.1 Å². The van der Waals surface area contributed by atoms with E-state index in [1.54, 1.807) is 53.9 Å². The maximum absolute atomic E-state index is 12.6. The molecule has 0 atom stereocenters. The van der Waals surface area contributed by atoms with Crippen molar-refractivity contribution in [3.8, 4) is 5.75 Å². The number of ether oxygens (including phenoxy) is 2. The van der Waals surface area contributed by atoms with Crippen LogP contribution < -0.4 is 15.6 Å². The monoisotopic (exact) mass is 420 g/mol. The highest BCUT2D eigenvalue weighted by Gasteiger charge is 2.11. The Hall–Kier alpha value is -2.43. The van der Waals surface area contributed by atoms with Gasteiger partial charge in [-0.15, -0.1) is 10.2 Å². The molecular formula is C18H20N4O4S2. The predicted molar refractivity (Wildman–Crippen MR) is 111 cm³/mol. The molecule has 0 radical (unpaired) electrons. The average Bonchev–Trinajstić information content (AvgIpc) is 3.13. The van der Waals surface area contributed by atoms with Crippen LogP contribution in [0, 0.1) is 0 Å². The molecule has 0 bridgehead atoms. The summed E-state index contributed by atoms with van der Waals surface area (Å²) >= 11 is 2.88. The quantitative estimate of drug-likeness (QED) is 0.420. The van der Waals surface area contributed by atoms with Crippen LogP contribution in [0.4, 0.5) is 5.13 Å². The second-order valence-corrected chi connectivity index (χ2v) is 8.16. The lowest BCUT2D eigenvalue weighted by atomic mass is 10.1. The molecule has 28 heavy (non-hydrogen) atoms. The third-order valence-electron chi connectivity index (χ3n) is 3.79. The second-order valence-electron chi connectivity index (χ2n) is 5.67. The number of amides is 1. The number of anilines is 1. The summed E-state index contributed by atoms with van der Waals surface area (Å²) in [6.45, 7) is 2.75. The maximum Gasteiger partial charge on any atom is 0.264 e. The number of pyridine rings is 1. The number of methoxy groups -OCH3 is 1. The largest absolute Gasteiger partial charge is 0.483 e. The highest BCUT2D eigenvalue weighted by atomic mass is 32.2. The normalized spacial score (nSPS) is 10.9. The molecule has 0 saturated carbocycles. The number of carbonyl (C=O) groups excluding carboxylic acids is 1. The van der Waals surface area contributed by atoms with E-state index in [4.69, 9.17) is 9.47 Å². The van der Waals surface area contributed by atoms with Crippen molar-refractivity contribution in [1.29, 1.82) is 0 Å². The zero-order chi connectivity index (χ0) is 19.9. The van der Waals surface area contributed by atoms with Crippen LogP contribution in [-0.2, 0) is 16.1 Å². The fraction of sp³-hybridized carbons (Fsp3) is 0.333. The fourth-order valence-electron chi connectivity index (χ4n) is 2.52. The van der Waals surface area contributed by atoms with Gasteiger partial charge in [0, 0.05) is 25.2 Å². The van der Waals surface area contributed by atoms with Crippen LogP contribution in [0.5, 0.6) is 5.75 Å². The van der Waals surface area contributed by atoms with E-state index in [-0.39, 0.29) is 18.1 Å². The number of benzene rings is 1. The Kier molecular flexibility index (Phi) is 7.01. The van der Waals surface area contributed by atoms with Gasteiger partial charge in [-0.2, -0.15) is 0 Å². The molecule has 10 heteroatoms. The molecule has 1 amide bonds. The van der Waals surface area contributed by atoms with Crippen LogP contribution in [0.2, 0.25) is 0 Å². The SMILES string of the molecule is CCSc1nnc(NC(=O)COc2cccc3c(=O)n(CCOC)ccc23)s1. The number of hydrogen-bond donors (Lipinski definition) is 1. The van der Waals surface area contributed by atoms with E-state index in [1.807, 2.05) is 6.92 Å². The van der Waals surface area contributed by atoms with Crippen LogP contribution in [0.15, 0.2) is 39.6 Å². The van der Waals surface area contributed by atoms with Crippen molar-refractivity contribution in [3.05, 3.63) is 40.8 Å². The molecule has 2 aromatic heterocycles. The van der Waals surface area contributed by atoms with Crippen molar-refractivity contribution in [2.75, 3.05) is 31.4 Å². The minimum Gasteiger partial charge on any atom is -0.483 e. The number of hydrogen-bond acceptors (Lipinski definition) is 8. The topological polar surface area (TPSA) is 95.3 Å². The van der Waals surface area contributed by atoms with Gasteiger partial charge in [0.15, 0.2) is 10.9 Å². The van der Waals surface area contributed by atoms with Gasteiger partial charge in [-0.3, -0.25) is 14.9 Å². The number of carbonyl (C=O) groups is 1. The van der Waals surface area contributed by atoms with Gasteiger partial charge < -0.3 is 14.0 Å². The number of nitrogens with one attached hydrogen (secondary N) is 1. The Bertz CT molecular complexity index is 1020. The summed E-state index contributed by atoms with van der Waals surface area (Å²) in [6.07, 6.45) is 1.70. The van der Waals surface area contributed by atoms with Gasteiger partial charge in [-0.05, 0) is 24.0 Å². The Balaban J connectivity index is 1.69. The van der Waals surface area contributed by atoms with Gasteiger partial charge in [-0.25, -0.2) is 0 Å². The van der Waals surface area contributed by atoms with Gasteiger partial charge >= 0.3 is 0 Å². The Morgan fingerprint density at radius 3 is 2.93 bits per heavy atom. The highest BCUT2D eigenvalue weighted by Crippen LogP contribution is 2.25. The third kappa shape index (κ3) is 4.89. The highest BCUT2D eigenvalue weighted by molar-refractivity contribution is 8.01. The first-order chi connectivity index (χ1) is 13.6. The van der Waals surface area contributed by atoms with Crippen LogP contribution in [0.25, 0.3) is 10.8 Å². The van der Waals surface area contributed by atoms with Crippen LogP contribution in [0.1, 0.15) is 6.92 Å². The van der Waals surface area contributed by atoms with Gasteiger partial charge in [0.1, 0.15) is 5.75 Å². The van der Waals surface area contributed by atoms with Gasteiger partial charge in [0.05, 0.1) is 12.0 Å². The van der Waals surface area contributed by atoms with Crippen molar-refractivity contribution < 1.29 is 14.3 Å². The lowest BCUT2D eigenvalue weighted by Gasteiger charge is -2.11. The lowest BCUT2D eigenvalue weighted by molar-refractivity contribution is -0.118. The van der Waals surface area contributed by atoms with Crippen LogP contribution in [0.3, 0.4) is 0 Å². The molecule has 1 N–H and O–H groups in total. The fourth-order valence-corrected chi connectivity index (χ4v) is 4.19. The molecule has 3 rings (SSSR count). The molecule has 8 nitrogen and oxygen atoms in total. The Morgan fingerprint density at radius 2 is 2.14 bits per heavy atom. The van der Waals surface area contributed by atoms with E-state index in [1.165, 1.54) is 11.3 Å². The molecule has 148 valence electrons. The van der Waals surface area contributed by atoms with E-state index in [0.717, 1.165) is 10.1 Å². The lowest BCUT2D eigenvalue weighted by Crippen LogP contribution is -2.22. The predicted octanol–water partition coefficient (Wildman–Crippen LogP) is 2.63. The van der Waals surface area contributed by atoms with E-state index < -0.39 is 0 Å². The summed E-state index contributed by atoms with van der Waals surface area (Å²) < 4.78 is 13.1. The van der Waals surface area contributed by atoms with Crippen molar-refractivity contribution in [2.24, 2.45) is 0 Å². The minimum atomic E-state index is -0.338. The van der Waals surface area contributed by atoms with Gasteiger partial charge in [0.2, 0.25) is 5.13 Å². The minimum absolute atomic E-state index is 0.126. The van der Waals surface area contributed by atoms with Crippen molar-refractivity contribution in [1.82, 2.24) is 14.8 Å². The maximum atomic E-state index is 12.6. The Labute approximate surface area is 169 Å². The molecular weight excluding hydrogens is 400 g/mol. The molecule has 0 aliphatic heterocycles. The van der Waals surface area contributed by atoms with Crippen molar-refractivity contribution >= 4 is 44.9 Å². The van der Waals surface area contributed by atoms with Crippen molar-refractivity contribution in [2.45, 2.75) is 17.8 Å². The molecule has 1 aromatic carbocycles. The number of aromatic nitrogens is 3. The first-order valence-corrected chi connectivity index (χ1v) is 10.4. The Morgan fingerprint density at radius 1 is 1.29 bits per heavy atom. The number of fused-ring (bicyclic) bond motifs is 1. The summed E-state index contributed by atoms with van der Waals surface area (Å²) in [4.78, 5) is 24.7. The summed E-state index contributed by atoms with van der Waals surface area (Å²) in [5.41, 5.74) is -0.126. The standard InChI is InChI=1S/C18H20N4O4S2/c1-3-27-18-21-20-17(28-18)19-15(23)11-26-14-6-4-5-13-12(14)7-8-22(16(13)24)9-10-25-2/h4-8H,3,9-11H2,1-2H3,(H,19,20,23). The van der Waals surface area contributed by atoms with E-state index in [2.05, 4.69) is 15.5 Å². The smallest absolute Gasteiger partial charge is 0.264 e. The summed E-state index contributed by atoms with van der Waals surface area (Å²) in [7, 11) is 1.59. The first kappa shape index (κ1) is 20.3. The van der Waals surface area contributed by atoms with Crippen LogP contribution in [-0.4, -0.2) is 46.7 Å². The van der Waals surface area contributed by atoms with Crippen molar-refractivity contribution in [3.63, 3.8) is 0 Å². The molecule has 0 unspecified atom stereocenters. The summed E-state index contributed by atoms with van der Waals surface area (Å²) in [6, 6.07) is 7.01. The number of thioether (sulfide) groups is 1. The van der Waals surface area contributed by atoms with E-state index in [9.17, 15) is 9.59 Å². The summed E-state index contributed by atoms with van der Waals surface area (Å²) in [5.74, 6) is 1.03. The zero-order valence-electron chi connectivity index (χ0n) is 15.5. The van der Waals surface area contributed by atoms with E-state index >= 15 is 0 Å². The molecule has 0 spiro atoms. The molecule has 0 aliphatic carbocycles. The van der Waals surface area contributed by atoms with Gasteiger partial charge in [0.25, 0.3) is 11.5 Å². The molecule has 0 fully saturated rings. The first-order valence-electron chi connectivity index (χ1n) is 8.62. The number of rotatable bonds is 9. The average molecular weight is 421 g/mol. The molecule has 2 heterocycles. The summed E-state index contributed by atoms with van der Waals surface area (Å²) in [5, 5.41) is 12.2. The molecule has 0 saturated heterocycles. The molecule has 0 aliphatic rings. The molecule has 3 aromatic rings. The van der Waals surface area contributed by atoms with E-state index in [0.29, 0.717) is 34.8 Å².